The average molecular weight is 532 g/mol. The fourth-order valence-corrected chi connectivity index (χ4v) is 4.65. The van der Waals surface area contributed by atoms with E-state index in [0.29, 0.717) is 24.5 Å². The highest BCUT2D eigenvalue weighted by molar-refractivity contribution is 6.32. The van der Waals surface area contributed by atoms with E-state index < -0.39 is 17.8 Å². The number of furan rings is 1. The van der Waals surface area contributed by atoms with Crippen LogP contribution in [-0.4, -0.2) is 33.9 Å². The first-order valence-electron chi connectivity index (χ1n) is 12.2. The van der Waals surface area contributed by atoms with Gasteiger partial charge in [-0.05, 0) is 67.8 Å². The first-order valence-corrected chi connectivity index (χ1v) is 12.6. The van der Waals surface area contributed by atoms with Crippen LogP contribution in [-0.2, 0) is 22.7 Å². The number of barbiturate groups is 1. The molecule has 0 unspecified atom stereocenters. The Labute approximate surface area is 224 Å². The van der Waals surface area contributed by atoms with E-state index in [4.69, 9.17) is 20.8 Å². The minimum Gasteiger partial charge on any atom is -0.494 e. The number of hydrogen-bond acceptors (Lipinski definition) is 5. The van der Waals surface area contributed by atoms with E-state index in [2.05, 4.69) is 9.88 Å². The van der Waals surface area contributed by atoms with Crippen molar-refractivity contribution >= 4 is 46.4 Å². The largest absolute Gasteiger partial charge is 0.494 e. The highest BCUT2D eigenvalue weighted by atomic mass is 35.5. The number of hydrogen-bond donors (Lipinski definition) is 1. The monoisotopic (exact) mass is 531 g/mol. The molecule has 1 aliphatic rings. The van der Waals surface area contributed by atoms with Crippen LogP contribution in [0.4, 0.5) is 4.79 Å². The summed E-state index contributed by atoms with van der Waals surface area (Å²) in [6.45, 7) is 5.00. The summed E-state index contributed by atoms with van der Waals surface area (Å²) in [5, 5.41) is 3.89. The number of fused-ring (bicyclic) bond motifs is 1. The van der Waals surface area contributed by atoms with Gasteiger partial charge in [-0.2, -0.15) is 0 Å². The fourth-order valence-electron chi connectivity index (χ4n) is 4.54. The number of nitrogens with one attached hydrogen (secondary N) is 1. The molecule has 0 bridgehead atoms. The molecule has 1 aliphatic heterocycles. The molecule has 0 atom stereocenters. The molecule has 4 aromatic rings. The van der Waals surface area contributed by atoms with Gasteiger partial charge in [-0.25, -0.2) is 4.79 Å². The van der Waals surface area contributed by atoms with Crippen molar-refractivity contribution in [2.24, 2.45) is 0 Å². The van der Waals surface area contributed by atoms with Crippen LogP contribution in [0.15, 0.2) is 71.0 Å². The first-order chi connectivity index (χ1) is 18.3. The smallest absolute Gasteiger partial charge is 0.331 e. The van der Waals surface area contributed by atoms with Gasteiger partial charge in [0.25, 0.3) is 11.8 Å². The quantitative estimate of drug-likeness (QED) is 0.180. The van der Waals surface area contributed by atoms with E-state index in [1.807, 2.05) is 56.4 Å². The second-order valence-electron chi connectivity index (χ2n) is 9.16. The molecular formula is C29H26ClN3O5. The van der Waals surface area contributed by atoms with Crippen LogP contribution in [0.3, 0.4) is 0 Å². The predicted molar refractivity (Wildman–Crippen MR) is 144 cm³/mol. The van der Waals surface area contributed by atoms with E-state index in [1.54, 1.807) is 12.1 Å². The maximum Gasteiger partial charge on any atom is 0.331 e. The first kappa shape index (κ1) is 25.4. The number of urea groups is 1. The summed E-state index contributed by atoms with van der Waals surface area (Å²) in [4.78, 5) is 39.1. The topological polar surface area (TPSA) is 93.8 Å². The zero-order valence-electron chi connectivity index (χ0n) is 21.0. The summed E-state index contributed by atoms with van der Waals surface area (Å²) in [6.07, 6.45) is 5.64. The number of benzene rings is 2. The van der Waals surface area contributed by atoms with Crippen molar-refractivity contribution in [3.8, 4) is 5.75 Å². The standard InChI is InChI=1S/C29H26ClN3O5/c1-18-13-22(14-19(2)26(18)30)38-12-6-10-32-16-20(23-8-3-4-9-25(23)32)15-24-27(34)31-29(36)33(28(24)35)17-21-7-5-11-37-21/h3-5,7-9,11,13-16H,6,10,12,17H2,1-2H3,(H,31,34,36). The molecule has 9 heteroatoms. The van der Waals surface area contributed by atoms with Crippen LogP contribution in [0.1, 0.15) is 28.9 Å². The molecule has 38 heavy (non-hydrogen) atoms. The van der Waals surface area contributed by atoms with E-state index in [9.17, 15) is 14.4 Å². The van der Waals surface area contributed by atoms with Gasteiger partial charge >= 0.3 is 6.03 Å². The van der Waals surface area contributed by atoms with Crippen molar-refractivity contribution in [1.82, 2.24) is 14.8 Å². The maximum atomic E-state index is 13.1. The van der Waals surface area contributed by atoms with Crippen LogP contribution in [0, 0.1) is 13.8 Å². The number of amides is 4. The number of carbonyl (C=O) groups is 3. The molecule has 1 N–H and O–H groups in total. The number of nitrogens with zero attached hydrogens (tertiary/aromatic N) is 2. The molecule has 1 saturated heterocycles. The van der Waals surface area contributed by atoms with Crippen molar-refractivity contribution in [3.63, 3.8) is 0 Å². The van der Waals surface area contributed by atoms with Gasteiger partial charge in [-0.1, -0.05) is 29.8 Å². The fraction of sp³-hybridized carbons (Fsp3) is 0.207. The summed E-state index contributed by atoms with van der Waals surface area (Å²) in [7, 11) is 0. The van der Waals surface area contributed by atoms with Gasteiger partial charge in [-0.3, -0.25) is 19.8 Å². The van der Waals surface area contributed by atoms with Crippen molar-refractivity contribution in [3.05, 3.63) is 94.0 Å². The van der Waals surface area contributed by atoms with Crippen LogP contribution in [0.25, 0.3) is 17.0 Å². The summed E-state index contributed by atoms with van der Waals surface area (Å²) in [5.74, 6) is -0.184. The molecule has 4 amide bonds. The Morgan fingerprint density at radius 2 is 1.82 bits per heavy atom. The molecule has 5 rings (SSSR count). The second-order valence-corrected chi connectivity index (χ2v) is 9.53. The molecule has 1 fully saturated rings. The number of ether oxygens (including phenoxy) is 1. The average Bonchev–Trinajstić information content (AvgIpc) is 3.53. The Hall–Kier alpha value is -4.30. The molecule has 0 spiro atoms. The molecule has 0 radical (unpaired) electrons. The van der Waals surface area contributed by atoms with Crippen molar-refractivity contribution in [2.45, 2.75) is 33.4 Å². The molecule has 0 aliphatic carbocycles. The summed E-state index contributed by atoms with van der Waals surface area (Å²) < 4.78 is 13.3. The van der Waals surface area contributed by atoms with Gasteiger partial charge in [0.05, 0.1) is 19.4 Å². The van der Waals surface area contributed by atoms with E-state index in [-0.39, 0.29) is 12.1 Å². The number of carbonyl (C=O) groups excluding carboxylic acids is 3. The van der Waals surface area contributed by atoms with Crippen LogP contribution < -0.4 is 10.1 Å². The Balaban J connectivity index is 1.35. The lowest BCUT2D eigenvalue weighted by atomic mass is 10.1. The van der Waals surface area contributed by atoms with Crippen molar-refractivity contribution in [1.29, 1.82) is 0 Å². The highest BCUT2D eigenvalue weighted by Crippen LogP contribution is 2.27. The maximum absolute atomic E-state index is 13.1. The predicted octanol–water partition coefficient (Wildman–Crippen LogP) is 5.64. The Morgan fingerprint density at radius 3 is 2.55 bits per heavy atom. The van der Waals surface area contributed by atoms with E-state index in [0.717, 1.165) is 44.1 Å². The lowest BCUT2D eigenvalue weighted by molar-refractivity contribution is -0.130. The van der Waals surface area contributed by atoms with Gasteiger partial charge in [0.2, 0.25) is 0 Å². The Bertz CT molecular complexity index is 1550. The Morgan fingerprint density at radius 1 is 1.05 bits per heavy atom. The van der Waals surface area contributed by atoms with Gasteiger partial charge in [0.1, 0.15) is 17.1 Å². The number of imide groups is 2. The third kappa shape index (κ3) is 5.08. The Kier molecular flexibility index (Phi) is 7.07. The highest BCUT2D eigenvalue weighted by Gasteiger charge is 2.36. The molecular weight excluding hydrogens is 506 g/mol. The number of para-hydroxylation sites is 1. The van der Waals surface area contributed by atoms with E-state index in [1.165, 1.54) is 12.3 Å². The van der Waals surface area contributed by atoms with Crippen LogP contribution >= 0.6 is 11.6 Å². The lowest BCUT2D eigenvalue weighted by Gasteiger charge is -2.25. The van der Waals surface area contributed by atoms with Gasteiger partial charge in [0.15, 0.2) is 0 Å². The van der Waals surface area contributed by atoms with Gasteiger partial charge in [-0.15, -0.1) is 0 Å². The number of aryl methyl sites for hydroxylation is 3. The zero-order chi connectivity index (χ0) is 26.8. The molecule has 0 saturated carbocycles. The molecule has 2 aromatic carbocycles. The van der Waals surface area contributed by atoms with Crippen molar-refractivity contribution < 1.29 is 23.5 Å². The minimum atomic E-state index is -0.776. The molecule has 3 heterocycles. The summed E-state index contributed by atoms with van der Waals surface area (Å²) in [5.41, 5.74) is 3.50. The van der Waals surface area contributed by atoms with Gasteiger partial charge < -0.3 is 13.7 Å². The van der Waals surface area contributed by atoms with Crippen molar-refractivity contribution in [2.75, 3.05) is 6.61 Å². The van der Waals surface area contributed by atoms with Crippen LogP contribution in [0.5, 0.6) is 5.75 Å². The van der Waals surface area contributed by atoms with E-state index >= 15 is 0 Å². The normalized spacial score (nSPS) is 15.0. The molecule has 8 nitrogen and oxygen atoms in total. The molecule has 194 valence electrons. The number of rotatable bonds is 8. The summed E-state index contributed by atoms with van der Waals surface area (Å²) in [6, 6.07) is 14.2. The number of aromatic nitrogens is 1. The number of halogens is 1. The third-order valence-electron chi connectivity index (χ3n) is 6.42. The van der Waals surface area contributed by atoms with Crippen LogP contribution in [0.2, 0.25) is 5.02 Å². The molecule has 2 aromatic heterocycles. The third-order valence-corrected chi connectivity index (χ3v) is 7.02. The minimum absolute atomic E-state index is 0.0727. The zero-order valence-corrected chi connectivity index (χ0v) is 21.7. The lowest BCUT2D eigenvalue weighted by Crippen LogP contribution is -2.53. The second kappa shape index (κ2) is 10.6. The SMILES string of the molecule is Cc1cc(OCCCn2cc(C=C3C(=O)NC(=O)N(Cc4ccco4)C3=O)c3ccccc32)cc(C)c1Cl. The van der Waals surface area contributed by atoms with Gasteiger partial charge in [0, 0.05) is 34.2 Å². The summed E-state index contributed by atoms with van der Waals surface area (Å²) >= 11 is 6.25.